The van der Waals surface area contributed by atoms with E-state index in [0.717, 1.165) is 9.88 Å². The molecule has 1 aromatic rings. The van der Waals surface area contributed by atoms with Crippen molar-refractivity contribution in [1.29, 1.82) is 0 Å². The second-order valence-corrected chi connectivity index (χ2v) is 5.81. The summed E-state index contributed by atoms with van der Waals surface area (Å²) in [5.41, 5.74) is 4.96. The van der Waals surface area contributed by atoms with Crippen LogP contribution in [0.1, 0.15) is 35.7 Å². The number of aryl methyl sites for hydroxylation is 1. The van der Waals surface area contributed by atoms with E-state index in [1.807, 2.05) is 6.92 Å². The van der Waals surface area contributed by atoms with Crippen LogP contribution in [0.3, 0.4) is 0 Å². The quantitative estimate of drug-likeness (QED) is 0.582. The van der Waals surface area contributed by atoms with Gasteiger partial charge in [0.25, 0.3) is 0 Å². The number of primary amides is 1. The number of carboxylic acid groups (broad SMARTS) is 1. The fraction of sp³-hybridized carbons (Fsp3) is 0.500. The van der Waals surface area contributed by atoms with E-state index in [0.29, 0.717) is 0 Å². The van der Waals surface area contributed by atoms with Gasteiger partial charge in [-0.1, -0.05) is 0 Å². The number of carbonyl (C=O) groups excluding carboxylic acids is 2. The van der Waals surface area contributed by atoms with E-state index < -0.39 is 23.9 Å². The van der Waals surface area contributed by atoms with Gasteiger partial charge in [0.2, 0.25) is 5.91 Å². The maximum Gasteiger partial charge on any atom is 0.326 e. The van der Waals surface area contributed by atoms with Crippen molar-refractivity contribution in [2.75, 3.05) is 0 Å². The van der Waals surface area contributed by atoms with E-state index in [-0.39, 0.29) is 18.9 Å². The van der Waals surface area contributed by atoms with Gasteiger partial charge in [-0.05, 0) is 20.3 Å². The molecule has 2 atom stereocenters. The highest BCUT2D eigenvalue weighted by molar-refractivity contribution is 7.11. The van der Waals surface area contributed by atoms with Gasteiger partial charge in [0.05, 0.1) is 6.04 Å². The molecule has 1 aromatic heterocycles. The van der Waals surface area contributed by atoms with Crippen LogP contribution in [0.25, 0.3) is 0 Å². The Morgan fingerprint density at radius 2 is 2.10 bits per heavy atom. The predicted molar refractivity (Wildman–Crippen MR) is 76.8 cm³/mol. The Balaban J connectivity index is 2.53. The lowest BCUT2D eigenvalue weighted by Crippen LogP contribution is -2.46. The van der Waals surface area contributed by atoms with Crippen molar-refractivity contribution in [2.45, 2.75) is 38.8 Å². The van der Waals surface area contributed by atoms with Gasteiger partial charge in [-0.3, -0.25) is 4.79 Å². The number of amides is 3. The zero-order valence-electron chi connectivity index (χ0n) is 11.8. The third-order valence-electron chi connectivity index (χ3n) is 2.64. The normalized spacial score (nSPS) is 13.2. The molecule has 0 radical (unpaired) electrons. The van der Waals surface area contributed by atoms with E-state index in [1.165, 1.54) is 11.3 Å². The molecule has 3 amide bonds. The molecule has 8 nitrogen and oxygen atoms in total. The topological polar surface area (TPSA) is 134 Å². The number of aromatic nitrogens is 1. The van der Waals surface area contributed by atoms with Crippen LogP contribution in [-0.4, -0.2) is 34.0 Å². The average Bonchev–Trinajstić information content (AvgIpc) is 2.80. The highest BCUT2D eigenvalue weighted by Gasteiger charge is 2.21. The molecule has 1 unspecified atom stereocenters. The first-order valence-electron chi connectivity index (χ1n) is 6.30. The van der Waals surface area contributed by atoms with Crippen LogP contribution in [0, 0.1) is 6.92 Å². The number of carbonyl (C=O) groups is 3. The summed E-state index contributed by atoms with van der Waals surface area (Å²) in [5.74, 6) is -1.83. The monoisotopic (exact) mass is 314 g/mol. The first-order valence-corrected chi connectivity index (χ1v) is 7.11. The van der Waals surface area contributed by atoms with Gasteiger partial charge in [0.1, 0.15) is 11.0 Å². The molecule has 0 aromatic carbocycles. The Morgan fingerprint density at radius 3 is 2.57 bits per heavy atom. The molecule has 0 saturated heterocycles. The lowest BCUT2D eigenvalue weighted by molar-refractivity contribution is -0.139. The van der Waals surface area contributed by atoms with Gasteiger partial charge in [-0.25, -0.2) is 14.6 Å². The van der Waals surface area contributed by atoms with Gasteiger partial charge in [0.15, 0.2) is 0 Å². The minimum Gasteiger partial charge on any atom is -0.480 e. The molecule has 0 aliphatic carbocycles. The van der Waals surface area contributed by atoms with E-state index in [4.69, 9.17) is 10.8 Å². The summed E-state index contributed by atoms with van der Waals surface area (Å²) < 4.78 is 0. The molecule has 5 N–H and O–H groups in total. The molecule has 0 aliphatic rings. The third-order valence-corrected chi connectivity index (χ3v) is 3.74. The summed E-state index contributed by atoms with van der Waals surface area (Å²) in [6.45, 7) is 3.65. The van der Waals surface area contributed by atoms with E-state index >= 15 is 0 Å². The standard InChI is InChI=1S/C12H18N4O4S/c1-6-5-14-10(21-6)7(2)15-12(20)16-8(11(18)19)3-4-9(13)17/h5,7-8H,3-4H2,1-2H3,(H2,13,17)(H,18,19)(H2,15,16,20)/t7?,8-/m0/s1. The van der Waals surface area contributed by atoms with E-state index in [2.05, 4.69) is 15.6 Å². The minimum atomic E-state index is -1.22. The van der Waals surface area contributed by atoms with Crippen LogP contribution in [0.2, 0.25) is 0 Å². The van der Waals surface area contributed by atoms with E-state index in [1.54, 1.807) is 13.1 Å². The second kappa shape index (κ2) is 7.58. The van der Waals surface area contributed by atoms with Crippen LogP contribution in [0.4, 0.5) is 4.79 Å². The Kier molecular flexibility index (Phi) is 6.10. The SMILES string of the molecule is Cc1cnc(C(C)NC(=O)N[C@@H](CCC(N)=O)C(=O)O)s1. The maximum atomic E-state index is 11.8. The van der Waals surface area contributed by atoms with Crippen LogP contribution in [0.5, 0.6) is 0 Å². The smallest absolute Gasteiger partial charge is 0.326 e. The number of thiazole rings is 1. The number of hydrogen-bond donors (Lipinski definition) is 4. The predicted octanol–water partition coefficient (Wildman–Crippen LogP) is 0.530. The fourth-order valence-electron chi connectivity index (χ4n) is 1.57. The number of nitrogens with one attached hydrogen (secondary N) is 2. The first-order chi connectivity index (χ1) is 9.79. The molecule has 116 valence electrons. The Hall–Kier alpha value is -2.16. The summed E-state index contributed by atoms with van der Waals surface area (Å²) in [5, 5.41) is 14.6. The molecule has 0 fully saturated rings. The third kappa shape index (κ3) is 5.78. The Morgan fingerprint density at radius 1 is 1.43 bits per heavy atom. The van der Waals surface area contributed by atoms with E-state index in [9.17, 15) is 14.4 Å². The maximum absolute atomic E-state index is 11.8. The molecule has 9 heteroatoms. The van der Waals surface area contributed by atoms with Crippen LogP contribution < -0.4 is 16.4 Å². The van der Waals surface area contributed by atoms with Crippen LogP contribution in [0.15, 0.2) is 6.20 Å². The minimum absolute atomic E-state index is 0.0528. The zero-order chi connectivity index (χ0) is 16.0. The Bertz CT molecular complexity index is 531. The van der Waals surface area contributed by atoms with Gasteiger partial charge < -0.3 is 21.5 Å². The first kappa shape index (κ1) is 16.9. The van der Waals surface area contributed by atoms with Gasteiger partial charge in [-0.15, -0.1) is 11.3 Å². The largest absolute Gasteiger partial charge is 0.480 e. The molecule has 0 bridgehead atoms. The highest BCUT2D eigenvalue weighted by Crippen LogP contribution is 2.18. The second-order valence-electron chi connectivity index (χ2n) is 4.54. The Labute approximate surface area is 125 Å². The summed E-state index contributed by atoms with van der Waals surface area (Å²) in [4.78, 5) is 38.6. The van der Waals surface area contributed by atoms with Gasteiger partial charge >= 0.3 is 12.0 Å². The van der Waals surface area contributed by atoms with Crippen molar-refractivity contribution >= 4 is 29.2 Å². The molecular weight excluding hydrogens is 296 g/mol. The van der Waals surface area contributed by atoms with Gasteiger partial charge in [-0.2, -0.15) is 0 Å². The molecule has 1 heterocycles. The highest BCUT2D eigenvalue weighted by atomic mass is 32.1. The summed E-state index contributed by atoms with van der Waals surface area (Å²) in [6, 6.07) is -2.13. The summed E-state index contributed by atoms with van der Waals surface area (Å²) in [6.07, 6.45) is 1.53. The molecule has 1 rings (SSSR count). The number of urea groups is 1. The molecular formula is C12H18N4O4S. The number of carboxylic acids is 1. The summed E-state index contributed by atoms with van der Waals surface area (Å²) >= 11 is 1.45. The van der Waals surface area contributed by atoms with Gasteiger partial charge in [0, 0.05) is 17.5 Å². The number of aliphatic carboxylic acids is 1. The van der Waals surface area contributed by atoms with Crippen molar-refractivity contribution in [3.8, 4) is 0 Å². The number of hydrogen-bond acceptors (Lipinski definition) is 5. The fourth-order valence-corrected chi connectivity index (χ4v) is 2.35. The number of rotatable bonds is 7. The molecule has 21 heavy (non-hydrogen) atoms. The summed E-state index contributed by atoms with van der Waals surface area (Å²) in [7, 11) is 0. The zero-order valence-corrected chi connectivity index (χ0v) is 12.6. The lowest BCUT2D eigenvalue weighted by Gasteiger charge is -2.17. The molecule has 0 saturated carbocycles. The number of nitrogens with zero attached hydrogens (tertiary/aromatic N) is 1. The number of nitrogens with two attached hydrogens (primary N) is 1. The van der Waals surface area contributed by atoms with Crippen LogP contribution in [-0.2, 0) is 9.59 Å². The van der Waals surface area contributed by atoms with Crippen molar-refractivity contribution in [3.63, 3.8) is 0 Å². The van der Waals surface area contributed by atoms with Crippen LogP contribution >= 0.6 is 11.3 Å². The molecule has 0 spiro atoms. The van der Waals surface area contributed by atoms with Crippen molar-refractivity contribution in [2.24, 2.45) is 5.73 Å². The lowest BCUT2D eigenvalue weighted by atomic mass is 10.1. The van der Waals surface area contributed by atoms with Crippen molar-refractivity contribution < 1.29 is 19.5 Å². The van der Waals surface area contributed by atoms with Crippen molar-refractivity contribution in [1.82, 2.24) is 15.6 Å². The molecule has 0 aliphatic heterocycles. The average molecular weight is 314 g/mol. The van der Waals surface area contributed by atoms with Crippen molar-refractivity contribution in [3.05, 3.63) is 16.1 Å².